The number of hydrogen-bond donors (Lipinski definition) is 1. The van der Waals surface area contributed by atoms with Gasteiger partial charge in [0.25, 0.3) is 0 Å². The quantitative estimate of drug-likeness (QED) is 0.291. The number of rotatable bonds is 13. The molecule has 34 heavy (non-hydrogen) atoms. The van der Waals surface area contributed by atoms with E-state index in [9.17, 15) is 4.79 Å². The molecule has 0 radical (unpaired) electrons. The van der Waals surface area contributed by atoms with E-state index in [1.807, 2.05) is 47.9 Å². The van der Waals surface area contributed by atoms with Crippen molar-refractivity contribution in [2.45, 2.75) is 36.7 Å². The third-order valence-corrected chi connectivity index (χ3v) is 6.38. The number of aromatic nitrogens is 3. The van der Waals surface area contributed by atoms with Gasteiger partial charge in [-0.15, -0.1) is 10.2 Å². The van der Waals surface area contributed by atoms with Crippen molar-refractivity contribution in [3.8, 4) is 22.9 Å². The van der Waals surface area contributed by atoms with Crippen LogP contribution in [0.1, 0.15) is 18.9 Å². The van der Waals surface area contributed by atoms with Crippen molar-refractivity contribution < 1.29 is 19.0 Å². The summed E-state index contributed by atoms with van der Waals surface area (Å²) >= 11 is 1.40. The minimum absolute atomic E-state index is 0.0277. The third-order valence-electron chi connectivity index (χ3n) is 5.30. The molecule has 0 bridgehead atoms. The molecule has 0 aliphatic rings. The predicted octanol–water partition coefficient (Wildman–Crippen LogP) is 3.84. The fourth-order valence-electron chi connectivity index (χ4n) is 3.46. The summed E-state index contributed by atoms with van der Waals surface area (Å²) < 4.78 is 18.1. The maximum atomic E-state index is 12.7. The molecule has 0 saturated heterocycles. The molecule has 182 valence electrons. The van der Waals surface area contributed by atoms with E-state index in [1.54, 1.807) is 21.3 Å². The first-order chi connectivity index (χ1) is 16.6. The second kappa shape index (κ2) is 13.0. The highest BCUT2D eigenvalue weighted by atomic mass is 32.2. The van der Waals surface area contributed by atoms with Crippen LogP contribution < -0.4 is 14.8 Å². The van der Waals surface area contributed by atoms with Crippen LogP contribution in [0.15, 0.2) is 53.7 Å². The number of nitrogens with zero attached hydrogens (tertiary/aromatic N) is 3. The molecule has 3 rings (SSSR count). The molecule has 0 aliphatic carbocycles. The Bertz CT molecular complexity index is 1060. The van der Waals surface area contributed by atoms with E-state index in [-0.39, 0.29) is 11.2 Å². The second-order valence-electron chi connectivity index (χ2n) is 7.66. The van der Waals surface area contributed by atoms with Gasteiger partial charge in [-0.05, 0) is 43.5 Å². The van der Waals surface area contributed by atoms with Gasteiger partial charge in [-0.2, -0.15) is 0 Å². The number of methoxy groups -OCH3 is 3. The topological polar surface area (TPSA) is 87.5 Å². The largest absolute Gasteiger partial charge is 0.493 e. The van der Waals surface area contributed by atoms with Gasteiger partial charge in [0, 0.05) is 32.4 Å². The molecule has 1 aromatic heterocycles. The summed E-state index contributed by atoms with van der Waals surface area (Å²) in [5.74, 6) is 1.94. The van der Waals surface area contributed by atoms with Gasteiger partial charge in [0.05, 0.1) is 19.5 Å². The van der Waals surface area contributed by atoms with Crippen LogP contribution >= 0.6 is 11.8 Å². The van der Waals surface area contributed by atoms with Crippen LogP contribution in [0.2, 0.25) is 0 Å². The summed E-state index contributed by atoms with van der Waals surface area (Å²) in [5.41, 5.74) is 2.05. The highest BCUT2D eigenvalue weighted by Gasteiger charge is 2.21. The van der Waals surface area contributed by atoms with E-state index < -0.39 is 0 Å². The molecule has 2 aromatic carbocycles. The van der Waals surface area contributed by atoms with E-state index in [4.69, 9.17) is 14.2 Å². The van der Waals surface area contributed by atoms with Crippen molar-refractivity contribution >= 4 is 17.7 Å². The third kappa shape index (κ3) is 6.74. The number of thioether (sulfide) groups is 1. The van der Waals surface area contributed by atoms with Crippen molar-refractivity contribution in [3.63, 3.8) is 0 Å². The van der Waals surface area contributed by atoms with Crippen LogP contribution in [0, 0.1) is 0 Å². The smallest absolute Gasteiger partial charge is 0.233 e. The lowest BCUT2D eigenvalue weighted by Gasteiger charge is -2.14. The maximum Gasteiger partial charge on any atom is 0.233 e. The van der Waals surface area contributed by atoms with Gasteiger partial charge in [0.15, 0.2) is 22.5 Å². The Morgan fingerprint density at radius 2 is 1.82 bits per heavy atom. The second-order valence-corrected chi connectivity index (χ2v) is 8.97. The van der Waals surface area contributed by atoms with Gasteiger partial charge in [0.2, 0.25) is 5.91 Å². The number of ether oxygens (including phenoxy) is 3. The molecule has 0 saturated carbocycles. The zero-order valence-electron chi connectivity index (χ0n) is 20.1. The summed E-state index contributed by atoms with van der Waals surface area (Å²) in [6.07, 6.45) is 1.58. The van der Waals surface area contributed by atoms with E-state index in [0.29, 0.717) is 42.2 Å². The summed E-state index contributed by atoms with van der Waals surface area (Å²) in [6, 6.07) is 15.8. The standard InChI is InChI=1S/C25H32N4O4S/c1-18(24(30)26-14-13-19-9-6-5-7-10-19)34-25-28-27-23(29(25)15-8-16-31-2)20-11-12-21(32-3)22(17-20)33-4/h5-7,9-12,17-18H,8,13-16H2,1-4H3,(H,26,30). The zero-order chi connectivity index (χ0) is 24.3. The Labute approximate surface area is 205 Å². The van der Waals surface area contributed by atoms with Gasteiger partial charge in [-0.3, -0.25) is 4.79 Å². The fourth-order valence-corrected chi connectivity index (χ4v) is 4.36. The lowest BCUT2D eigenvalue weighted by atomic mass is 10.1. The summed E-state index contributed by atoms with van der Waals surface area (Å²) in [4.78, 5) is 12.7. The van der Waals surface area contributed by atoms with E-state index in [0.717, 1.165) is 18.4 Å². The van der Waals surface area contributed by atoms with E-state index in [1.165, 1.54) is 17.3 Å². The Morgan fingerprint density at radius 3 is 2.53 bits per heavy atom. The lowest BCUT2D eigenvalue weighted by molar-refractivity contribution is -0.120. The van der Waals surface area contributed by atoms with Crippen LogP contribution in [0.4, 0.5) is 0 Å². The van der Waals surface area contributed by atoms with Crippen molar-refractivity contribution in [1.29, 1.82) is 0 Å². The highest BCUT2D eigenvalue weighted by molar-refractivity contribution is 8.00. The summed E-state index contributed by atoms with van der Waals surface area (Å²) in [5, 5.41) is 12.2. The molecule has 1 amide bonds. The number of benzene rings is 2. The number of hydrogen-bond acceptors (Lipinski definition) is 7. The summed E-state index contributed by atoms with van der Waals surface area (Å²) in [6.45, 7) is 3.75. The van der Waals surface area contributed by atoms with Gasteiger partial charge in [-0.1, -0.05) is 42.1 Å². The molecule has 0 aliphatic heterocycles. The molecule has 8 nitrogen and oxygen atoms in total. The number of carbonyl (C=O) groups excluding carboxylic acids is 1. The Kier molecular flexibility index (Phi) is 9.78. The van der Waals surface area contributed by atoms with Crippen LogP contribution in [-0.2, 0) is 22.5 Å². The van der Waals surface area contributed by atoms with Crippen LogP contribution in [0.3, 0.4) is 0 Å². The molecule has 3 aromatic rings. The molecular weight excluding hydrogens is 452 g/mol. The van der Waals surface area contributed by atoms with E-state index >= 15 is 0 Å². The van der Waals surface area contributed by atoms with E-state index in [2.05, 4.69) is 27.6 Å². The van der Waals surface area contributed by atoms with Crippen molar-refractivity contribution in [3.05, 3.63) is 54.1 Å². The van der Waals surface area contributed by atoms with Gasteiger partial charge < -0.3 is 24.1 Å². The molecule has 1 heterocycles. The number of carbonyl (C=O) groups is 1. The molecule has 1 unspecified atom stereocenters. The first-order valence-electron chi connectivity index (χ1n) is 11.2. The first kappa shape index (κ1) is 25.6. The van der Waals surface area contributed by atoms with Gasteiger partial charge >= 0.3 is 0 Å². The Hall–Kier alpha value is -3.04. The minimum Gasteiger partial charge on any atom is -0.493 e. The minimum atomic E-state index is -0.320. The van der Waals surface area contributed by atoms with Crippen LogP contribution in [0.5, 0.6) is 11.5 Å². The fraction of sp³-hybridized carbons (Fsp3) is 0.400. The molecular formula is C25H32N4O4S. The predicted molar refractivity (Wildman–Crippen MR) is 134 cm³/mol. The Morgan fingerprint density at radius 1 is 1.06 bits per heavy atom. The highest BCUT2D eigenvalue weighted by Crippen LogP contribution is 2.33. The van der Waals surface area contributed by atoms with Crippen molar-refractivity contribution in [2.75, 3.05) is 34.5 Å². The molecule has 9 heteroatoms. The first-order valence-corrected chi connectivity index (χ1v) is 12.1. The maximum absolute atomic E-state index is 12.7. The average molecular weight is 485 g/mol. The van der Waals surface area contributed by atoms with Gasteiger partial charge in [0.1, 0.15) is 0 Å². The van der Waals surface area contributed by atoms with Crippen molar-refractivity contribution in [2.24, 2.45) is 0 Å². The normalized spacial score (nSPS) is 11.8. The molecule has 1 atom stereocenters. The SMILES string of the molecule is COCCCn1c(SC(C)C(=O)NCCc2ccccc2)nnc1-c1ccc(OC)c(OC)c1. The molecule has 1 N–H and O–H groups in total. The van der Waals surface area contributed by atoms with Crippen LogP contribution in [0.25, 0.3) is 11.4 Å². The lowest BCUT2D eigenvalue weighted by Crippen LogP contribution is -2.32. The Balaban J connectivity index is 1.72. The van der Waals surface area contributed by atoms with Gasteiger partial charge in [-0.25, -0.2) is 0 Å². The number of amides is 1. The van der Waals surface area contributed by atoms with Crippen molar-refractivity contribution in [1.82, 2.24) is 20.1 Å². The molecule has 0 fully saturated rings. The average Bonchev–Trinajstić information content (AvgIpc) is 3.26. The van der Waals surface area contributed by atoms with Crippen LogP contribution in [-0.4, -0.2) is 60.4 Å². The number of nitrogens with one attached hydrogen (secondary N) is 1. The zero-order valence-corrected chi connectivity index (χ0v) is 20.9. The molecule has 0 spiro atoms. The summed E-state index contributed by atoms with van der Waals surface area (Å²) in [7, 11) is 4.88. The monoisotopic (exact) mass is 484 g/mol.